The summed E-state index contributed by atoms with van der Waals surface area (Å²) in [6.45, 7) is 3.17. The summed E-state index contributed by atoms with van der Waals surface area (Å²) in [5.74, 6) is 0. The number of methoxy groups -OCH3 is 1. The smallest absolute Gasteiger partial charge is 0.355 e. The standard InChI is InChI=1S/C13H22O4Si/c1-3-16-13(10-7-11-15-2)17-18(14)12-8-5-4-6-9-12/h4-6,8-9,13-14,18H,3,7,10-11H2,1-2H3. The molecule has 0 amide bonds. The molecule has 0 radical (unpaired) electrons. The van der Waals surface area contributed by atoms with Crippen LogP contribution in [0.25, 0.3) is 0 Å². The van der Waals surface area contributed by atoms with Crippen LogP contribution in [-0.4, -0.2) is 40.7 Å². The van der Waals surface area contributed by atoms with Crippen molar-refractivity contribution in [2.75, 3.05) is 20.3 Å². The highest BCUT2D eigenvalue weighted by atomic mass is 28.3. The lowest BCUT2D eigenvalue weighted by atomic mass is 10.3. The molecule has 18 heavy (non-hydrogen) atoms. The average Bonchev–Trinajstić information content (AvgIpc) is 2.40. The number of hydrogen-bond acceptors (Lipinski definition) is 4. The molecule has 0 aromatic heterocycles. The van der Waals surface area contributed by atoms with Crippen LogP contribution in [-0.2, 0) is 13.9 Å². The maximum absolute atomic E-state index is 10.1. The molecule has 0 spiro atoms. The largest absolute Gasteiger partial charge is 0.410 e. The second-order valence-electron chi connectivity index (χ2n) is 3.92. The van der Waals surface area contributed by atoms with Gasteiger partial charge in [-0.15, -0.1) is 0 Å². The van der Waals surface area contributed by atoms with Gasteiger partial charge in [-0.2, -0.15) is 0 Å². The minimum Gasteiger partial charge on any atom is -0.410 e. The lowest BCUT2D eigenvalue weighted by Gasteiger charge is -2.20. The van der Waals surface area contributed by atoms with Crippen molar-refractivity contribution in [2.45, 2.75) is 26.1 Å². The predicted molar refractivity (Wildman–Crippen MR) is 73.1 cm³/mol. The third-order valence-electron chi connectivity index (χ3n) is 2.51. The molecular weight excluding hydrogens is 248 g/mol. The molecule has 2 atom stereocenters. The lowest BCUT2D eigenvalue weighted by Crippen LogP contribution is -2.38. The van der Waals surface area contributed by atoms with E-state index in [1.54, 1.807) is 7.11 Å². The maximum Gasteiger partial charge on any atom is 0.355 e. The molecule has 5 heteroatoms. The van der Waals surface area contributed by atoms with Crippen molar-refractivity contribution < 1.29 is 18.7 Å². The SMILES string of the molecule is CCOC(CCCOC)O[SiH](O)c1ccccc1. The van der Waals surface area contributed by atoms with E-state index in [4.69, 9.17) is 13.9 Å². The number of rotatable bonds is 9. The van der Waals surface area contributed by atoms with Crippen LogP contribution in [0, 0.1) is 0 Å². The fourth-order valence-electron chi connectivity index (χ4n) is 1.61. The van der Waals surface area contributed by atoms with Crippen molar-refractivity contribution in [3.63, 3.8) is 0 Å². The zero-order valence-corrected chi connectivity index (χ0v) is 12.2. The Balaban J connectivity index is 2.44. The highest BCUT2D eigenvalue weighted by Crippen LogP contribution is 2.06. The van der Waals surface area contributed by atoms with Crippen LogP contribution in [0.15, 0.2) is 30.3 Å². The molecule has 0 aliphatic rings. The van der Waals surface area contributed by atoms with E-state index in [0.717, 1.165) is 18.0 Å². The van der Waals surface area contributed by atoms with E-state index in [2.05, 4.69) is 0 Å². The molecule has 102 valence electrons. The van der Waals surface area contributed by atoms with Gasteiger partial charge in [-0.05, 0) is 25.0 Å². The highest BCUT2D eigenvalue weighted by molar-refractivity contribution is 6.59. The molecule has 0 bridgehead atoms. The molecule has 4 nitrogen and oxygen atoms in total. The normalized spacial score (nSPS) is 14.4. The van der Waals surface area contributed by atoms with Crippen LogP contribution < -0.4 is 5.19 Å². The van der Waals surface area contributed by atoms with Gasteiger partial charge < -0.3 is 18.7 Å². The second kappa shape index (κ2) is 9.24. The first-order valence-corrected chi connectivity index (χ1v) is 7.83. The topological polar surface area (TPSA) is 47.9 Å². The summed E-state index contributed by atoms with van der Waals surface area (Å²) in [7, 11) is -0.697. The van der Waals surface area contributed by atoms with Gasteiger partial charge >= 0.3 is 9.28 Å². The Bertz CT molecular complexity index is 307. The summed E-state index contributed by atoms with van der Waals surface area (Å²) < 4.78 is 16.1. The Hall–Kier alpha value is -0.723. The molecule has 1 rings (SSSR count). The fourth-order valence-corrected chi connectivity index (χ4v) is 2.82. The Kier molecular flexibility index (Phi) is 7.87. The van der Waals surface area contributed by atoms with Gasteiger partial charge in [0.25, 0.3) is 0 Å². The molecule has 2 unspecified atom stereocenters. The van der Waals surface area contributed by atoms with Gasteiger partial charge in [0, 0.05) is 20.3 Å². The van der Waals surface area contributed by atoms with Gasteiger partial charge in [-0.25, -0.2) is 0 Å². The first-order chi connectivity index (χ1) is 8.77. The minimum absolute atomic E-state index is 0.341. The third kappa shape index (κ3) is 5.75. The minimum atomic E-state index is -2.37. The number of ether oxygens (including phenoxy) is 2. The summed E-state index contributed by atoms with van der Waals surface area (Å²) >= 11 is 0. The molecule has 0 aliphatic heterocycles. The van der Waals surface area contributed by atoms with Crippen molar-refractivity contribution in [1.29, 1.82) is 0 Å². The molecule has 1 N–H and O–H groups in total. The molecular formula is C13H22O4Si. The van der Waals surface area contributed by atoms with E-state index in [1.165, 1.54) is 0 Å². The van der Waals surface area contributed by atoms with Gasteiger partial charge in [-0.3, -0.25) is 0 Å². The first kappa shape index (κ1) is 15.3. The van der Waals surface area contributed by atoms with Crippen LogP contribution in [0.1, 0.15) is 19.8 Å². The van der Waals surface area contributed by atoms with E-state index in [-0.39, 0.29) is 6.29 Å². The Labute approximate surface area is 110 Å². The molecule has 1 aromatic rings. The number of hydrogen-bond donors (Lipinski definition) is 1. The van der Waals surface area contributed by atoms with Crippen molar-refractivity contribution in [3.8, 4) is 0 Å². The monoisotopic (exact) mass is 270 g/mol. The zero-order valence-electron chi connectivity index (χ0n) is 11.0. The lowest BCUT2D eigenvalue weighted by molar-refractivity contribution is -0.0911. The highest BCUT2D eigenvalue weighted by Gasteiger charge is 2.18. The van der Waals surface area contributed by atoms with Gasteiger partial charge in [0.05, 0.1) is 0 Å². The van der Waals surface area contributed by atoms with Crippen molar-refractivity contribution in [1.82, 2.24) is 0 Å². The van der Waals surface area contributed by atoms with Gasteiger partial charge in [0.2, 0.25) is 0 Å². The molecule has 0 saturated carbocycles. The van der Waals surface area contributed by atoms with Gasteiger partial charge in [0.1, 0.15) is 6.29 Å². The zero-order chi connectivity index (χ0) is 13.2. The van der Waals surface area contributed by atoms with E-state index >= 15 is 0 Å². The molecule has 0 saturated heterocycles. The predicted octanol–water partition coefficient (Wildman–Crippen LogP) is 0.912. The van der Waals surface area contributed by atoms with Gasteiger partial charge in [0.15, 0.2) is 0 Å². The molecule has 0 heterocycles. The average molecular weight is 270 g/mol. The van der Waals surface area contributed by atoms with E-state index in [1.807, 2.05) is 37.3 Å². The quantitative estimate of drug-likeness (QED) is 0.412. The van der Waals surface area contributed by atoms with Crippen molar-refractivity contribution >= 4 is 14.5 Å². The van der Waals surface area contributed by atoms with Gasteiger partial charge in [-0.1, -0.05) is 30.3 Å². The van der Waals surface area contributed by atoms with Crippen LogP contribution in [0.4, 0.5) is 0 Å². The fraction of sp³-hybridized carbons (Fsp3) is 0.538. The molecule has 0 aliphatic carbocycles. The Morgan fingerprint density at radius 1 is 1.28 bits per heavy atom. The summed E-state index contributed by atoms with van der Waals surface area (Å²) in [4.78, 5) is 10.1. The van der Waals surface area contributed by atoms with Crippen molar-refractivity contribution in [2.24, 2.45) is 0 Å². The van der Waals surface area contributed by atoms with Crippen LogP contribution in [0.3, 0.4) is 0 Å². The summed E-state index contributed by atoms with van der Waals surface area (Å²) in [5, 5.41) is 0.869. The van der Waals surface area contributed by atoms with E-state index in [0.29, 0.717) is 13.2 Å². The van der Waals surface area contributed by atoms with Crippen LogP contribution in [0.5, 0.6) is 0 Å². The summed E-state index contributed by atoms with van der Waals surface area (Å²) in [6, 6.07) is 9.48. The molecule has 1 aromatic carbocycles. The van der Waals surface area contributed by atoms with Crippen molar-refractivity contribution in [3.05, 3.63) is 30.3 Å². The van der Waals surface area contributed by atoms with Crippen LogP contribution in [0.2, 0.25) is 0 Å². The van der Waals surface area contributed by atoms with E-state index < -0.39 is 9.28 Å². The maximum atomic E-state index is 10.1. The summed E-state index contributed by atoms with van der Waals surface area (Å²) in [6.07, 6.45) is 1.25. The Morgan fingerprint density at radius 2 is 2.00 bits per heavy atom. The Morgan fingerprint density at radius 3 is 2.61 bits per heavy atom. The second-order valence-corrected chi connectivity index (χ2v) is 5.56. The van der Waals surface area contributed by atoms with E-state index in [9.17, 15) is 4.80 Å². The molecule has 0 fully saturated rings. The summed E-state index contributed by atoms with van der Waals surface area (Å²) in [5.41, 5.74) is 0. The first-order valence-electron chi connectivity index (χ1n) is 6.27. The van der Waals surface area contributed by atoms with Crippen LogP contribution >= 0.6 is 0 Å². The third-order valence-corrected chi connectivity index (χ3v) is 4.02. The number of benzene rings is 1.